The van der Waals surface area contributed by atoms with Gasteiger partial charge < -0.3 is 15.4 Å². The first-order valence-corrected chi connectivity index (χ1v) is 9.69. The van der Waals surface area contributed by atoms with E-state index in [4.69, 9.17) is 4.74 Å². The van der Waals surface area contributed by atoms with Crippen LogP contribution in [0.1, 0.15) is 49.9 Å². The minimum Gasteiger partial charge on any atom is -0.451 e. The Labute approximate surface area is 162 Å². The first kappa shape index (κ1) is 20.4. The molecule has 0 unspecified atom stereocenters. The van der Waals surface area contributed by atoms with E-state index in [9.17, 15) is 14.4 Å². The third-order valence-corrected chi connectivity index (χ3v) is 5.14. The molecule has 1 aromatic rings. The van der Waals surface area contributed by atoms with Crippen molar-refractivity contribution in [2.24, 2.45) is 5.92 Å². The van der Waals surface area contributed by atoms with Crippen LogP contribution in [0.15, 0.2) is 28.7 Å². The Kier molecular flexibility index (Phi) is 7.63. The molecule has 0 bridgehead atoms. The monoisotopic (exact) mass is 424 g/mol. The Balaban J connectivity index is 1.74. The number of hydrogen-bond donors (Lipinski definition) is 2. The van der Waals surface area contributed by atoms with Crippen molar-refractivity contribution < 1.29 is 19.1 Å². The SMILES string of the molecule is C[C@@H](OC(=O)CNC(=O)c1ccc(Br)cc1)C(=O)N[C@H]1CCCC[C@@H]1C. The summed E-state index contributed by atoms with van der Waals surface area (Å²) in [5.74, 6) is -0.880. The van der Waals surface area contributed by atoms with Gasteiger partial charge >= 0.3 is 5.97 Å². The van der Waals surface area contributed by atoms with Crippen LogP contribution in [0.25, 0.3) is 0 Å². The summed E-state index contributed by atoms with van der Waals surface area (Å²) in [5, 5.41) is 5.45. The second-order valence-electron chi connectivity index (χ2n) is 6.70. The summed E-state index contributed by atoms with van der Waals surface area (Å²) >= 11 is 3.29. The largest absolute Gasteiger partial charge is 0.451 e. The molecule has 1 aliphatic rings. The summed E-state index contributed by atoms with van der Waals surface area (Å²) in [6, 6.07) is 6.91. The van der Waals surface area contributed by atoms with Gasteiger partial charge in [-0.05, 0) is 49.9 Å². The second-order valence-corrected chi connectivity index (χ2v) is 7.61. The molecule has 1 aromatic carbocycles. The summed E-state index contributed by atoms with van der Waals surface area (Å²) in [6.07, 6.45) is 3.46. The molecule has 1 fully saturated rings. The molecule has 2 rings (SSSR count). The lowest BCUT2D eigenvalue weighted by atomic mass is 9.86. The molecule has 3 atom stereocenters. The van der Waals surface area contributed by atoms with Crippen molar-refractivity contribution >= 4 is 33.7 Å². The van der Waals surface area contributed by atoms with Crippen molar-refractivity contribution in [1.82, 2.24) is 10.6 Å². The highest BCUT2D eigenvalue weighted by atomic mass is 79.9. The van der Waals surface area contributed by atoms with Gasteiger partial charge in [0.25, 0.3) is 11.8 Å². The van der Waals surface area contributed by atoms with Crippen LogP contribution < -0.4 is 10.6 Å². The fourth-order valence-corrected chi connectivity index (χ4v) is 3.24. The lowest BCUT2D eigenvalue weighted by Gasteiger charge is -2.30. The topological polar surface area (TPSA) is 84.5 Å². The number of hydrogen-bond acceptors (Lipinski definition) is 4. The summed E-state index contributed by atoms with van der Waals surface area (Å²) in [4.78, 5) is 36.0. The van der Waals surface area contributed by atoms with Crippen molar-refractivity contribution in [2.75, 3.05) is 6.54 Å². The third kappa shape index (κ3) is 6.12. The fraction of sp³-hybridized carbons (Fsp3) is 0.526. The molecular weight excluding hydrogens is 400 g/mol. The summed E-state index contributed by atoms with van der Waals surface area (Å²) in [6.45, 7) is 3.38. The number of ether oxygens (including phenoxy) is 1. The molecule has 2 N–H and O–H groups in total. The first-order valence-electron chi connectivity index (χ1n) is 8.90. The molecule has 0 saturated heterocycles. The van der Waals surface area contributed by atoms with E-state index in [0.717, 1.165) is 23.7 Å². The van der Waals surface area contributed by atoms with Crippen LogP contribution >= 0.6 is 15.9 Å². The maximum absolute atomic E-state index is 12.2. The van der Waals surface area contributed by atoms with Gasteiger partial charge in [-0.15, -0.1) is 0 Å². The molecule has 26 heavy (non-hydrogen) atoms. The van der Waals surface area contributed by atoms with Gasteiger partial charge in [-0.1, -0.05) is 35.7 Å². The van der Waals surface area contributed by atoms with Gasteiger partial charge in [0.2, 0.25) is 0 Å². The highest BCUT2D eigenvalue weighted by Gasteiger charge is 2.26. The summed E-state index contributed by atoms with van der Waals surface area (Å²) in [5.41, 5.74) is 0.443. The average molecular weight is 425 g/mol. The van der Waals surface area contributed by atoms with Gasteiger partial charge in [-0.2, -0.15) is 0 Å². The standard InChI is InChI=1S/C19H25BrN2O4/c1-12-5-3-4-6-16(12)22-18(24)13(2)26-17(23)11-21-19(25)14-7-9-15(20)10-8-14/h7-10,12-13,16H,3-6,11H2,1-2H3,(H,21,25)(H,22,24)/t12-,13+,16-/m0/s1. The van der Waals surface area contributed by atoms with Crippen LogP contribution in [-0.4, -0.2) is 36.5 Å². The zero-order valence-electron chi connectivity index (χ0n) is 15.1. The number of halogens is 1. The van der Waals surface area contributed by atoms with Crippen LogP contribution in [-0.2, 0) is 14.3 Å². The van der Waals surface area contributed by atoms with E-state index in [1.807, 2.05) is 0 Å². The van der Waals surface area contributed by atoms with Crippen LogP contribution in [0.4, 0.5) is 0 Å². The van der Waals surface area contributed by atoms with Crippen molar-refractivity contribution in [3.8, 4) is 0 Å². The van der Waals surface area contributed by atoms with E-state index in [-0.39, 0.29) is 24.4 Å². The van der Waals surface area contributed by atoms with E-state index in [0.29, 0.717) is 11.5 Å². The van der Waals surface area contributed by atoms with Crippen LogP contribution in [0.2, 0.25) is 0 Å². The number of amides is 2. The molecule has 0 radical (unpaired) electrons. The summed E-state index contributed by atoms with van der Waals surface area (Å²) in [7, 11) is 0. The number of rotatable bonds is 6. The molecule has 1 aliphatic carbocycles. The van der Waals surface area contributed by atoms with Crippen LogP contribution in [0.3, 0.4) is 0 Å². The normalized spacial score (nSPS) is 20.7. The highest BCUT2D eigenvalue weighted by molar-refractivity contribution is 9.10. The second kappa shape index (κ2) is 9.71. The van der Waals surface area contributed by atoms with Gasteiger partial charge in [-0.25, -0.2) is 0 Å². The predicted molar refractivity (Wildman–Crippen MR) is 102 cm³/mol. The van der Waals surface area contributed by atoms with Crippen molar-refractivity contribution in [1.29, 1.82) is 0 Å². The Morgan fingerprint density at radius 2 is 1.85 bits per heavy atom. The Bertz CT molecular complexity index is 647. The van der Waals surface area contributed by atoms with Gasteiger partial charge in [-0.3, -0.25) is 14.4 Å². The quantitative estimate of drug-likeness (QED) is 0.687. The predicted octanol–water partition coefficient (Wildman–Crippen LogP) is 2.81. The molecule has 0 heterocycles. The third-order valence-electron chi connectivity index (χ3n) is 4.62. The summed E-state index contributed by atoms with van der Waals surface area (Å²) < 4.78 is 5.98. The van der Waals surface area contributed by atoms with Crippen LogP contribution in [0.5, 0.6) is 0 Å². The molecule has 142 valence electrons. The van der Waals surface area contributed by atoms with Crippen molar-refractivity contribution in [2.45, 2.75) is 51.7 Å². The maximum atomic E-state index is 12.2. The molecular formula is C19H25BrN2O4. The molecule has 0 spiro atoms. The van der Waals surface area contributed by atoms with E-state index < -0.39 is 12.1 Å². The highest BCUT2D eigenvalue weighted by Crippen LogP contribution is 2.23. The minimum atomic E-state index is -0.888. The van der Waals surface area contributed by atoms with Gasteiger partial charge in [0.05, 0.1) is 0 Å². The molecule has 0 aliphatic heterocycles. The van der Waals surface area contributed by atoms with Crippen molar-refractivity contribution in [3.63, 3.8) is 0 Å². The Hall–Kier alpha value is -1.89. The first-order chi connectivity index (χ1) is 12.4. The van der Waals surface area contributed by atoms with E-state index in [1.54, 1.807) is 24.3 Å². The molecule has 1 saturated carbocycles. The van der Waals surface area contributed by atoms with Gasteiger partial charge in [0, 0.05) is 16.1 Å². The zero-order valence-corrected chi connectivity index (χ0v) is 16.7. The fourth-order valence-electron chi connectivity index (χ4n) is 2.98. The van der Waals surface area contributed by atoms with Crippen LogP contribution in [0, 0.1) is 5.92 Å². The van der Waals surface area contributed by atoms with E-state index >= 15 is 0 Å². The van der Waals surface area contributed by atoms with Gasteiger partial charge in [0.15, 0.2) is 6.10 Å². The number of benzene rings is 1. The Morgan fingerprint density at radius 3 is 2.50 bits per heavy atom. The van der Waals surface area contributed by atoms with Gasteiger partial charge in [0.1, 0.15) is 6.54 Å². The van der Waals surface area contributed by atoms with E-state index in [1.165, 1.54) is 13.3 Å². The molecule has 0 aromatic heterocycles. The smallest absolute Gasteiger partial charge is 0.326 e. The molecule has 7 heteroatoms. The molecule has 6 nitrogen and oxygen atoms in total. The zero-order chi connectivity index (χ0) is 19.1. The van der Waals surface area contributed by atoms with Crippen molar-refractivity contribution in [3.05, 3.63) is 34.3 Å². The average Bonchev–Trinajstić information content (AvgIpc) is 2.62. The number of carbonyl (C=O) groups is 3. The van der Waals surface area contributed by atoms with E-state index in [2.05, 4.69) is 33.5 Å². The number of carbonyl (C=O) groups excluding carboxylic acids is 3. The maximum Gasteiger partial charge on any atom is 0.326 e. The number of esters is 1. The Morgan fingerprint density at radius 1 is 1.19 bits per heavy atom. The minimum absolute atomic E-state index is 0.134. The lowest BCUT2D eigenvalue weighted by Crippen LogP contribution is -2.46. The lowest BCUT2D eigenvalue weighted by molar-refractivity contribution is -0.154. The number of nitrogens with one attached hydrogen (secondary N) is 2. The molecule has 2 amide bonds.